The molecule has 3 N–H and O–H groups in total. The third-order valence-electron chi connectivity index (χ3n) is 7.55. The molecule has 1 aliphatic heterocycles. The van der Waals surface area contributed by atoms with Crippen LogP contribution in [0.4, 0.5) is 15.9 Å². The predicted octanol–water partition coefficient (Wildman–Crippen LogP) is 6.12. The molecule has 1 atom stereocenters. The zero-order valence-corrected chi connectivity index (χ0v) is 22.5. The van der Waals surface area contributed by atoms with E-state index >= 15 is 0 Å². The number of benzene rings is 1. The molecule has 1 unspecified atom stereocenters. The van der Waals surface area contributed by atoms with Crippen molar-refractivity contribution in [2.45, 2.75) is 70.5 Å². The average Bonchev–Trinajstić information content (AvgIpc) is 2.87. The maximum Gasteiger partial charge on any atom is 0.146 e. The van der Waals surface area contributed by atoms with E-state index in [1.165, 1.54) is 6.07 Å². The highest BCUT2D eigenvalue weighted by molar-refractivity contribution is 6.33. The zero-order chi connectivity index (χ0) is 25.5. The fraction of sp³-hybridized carbons (Fsp3) is 0.607. The van der Waals surface area contributed by atoms with E-state index in [1.54, 1.807) is 19.4 Å². The van der Waals surface area contributed by atoms with Crippen LogP contribution >= 0.6 is 11.6 Å². The minimum Gasteiger partial charge on any atom is -0.383 e. The normalized spacial score (nSPS) is 22.7. The summed E-state index contributed by atoms with van der Waals surface area (Å²) >= 11 is 6.54. The van der Waals surface area contributed by atoms with Gasteiger partial charge in [0.05, 0.1) is 17.3 Å². The van der Waals surface area contributed by atoms with Crippen LogP contribution in [0.1, 0.15) is 52.4 Å². The Kier molecular flexibility index (Phi) is 9.45. The first kappa shape index (κ1) is 27.1. The van der Waals surface area contributed by atoms with E-state index in [4.69, 9.17) is 21.1 Å². The maximum absolute atomic E-state index is 14.6. The first-order chi connectivity index (χ1) is 17.3. The summed E-state index contributed by atoms with van der Waals surface area (Å²) in [6, 6.07) is 8.36. The van der Waals surface area contributed by atoms with E-state index in [2.05, 4.69) is 34.8 Å². The number of halogens is 2. The van der Waals surface area contributed by atoms with Gasteiger partial charge in [0.15, 0.2) is 0 Å². The van der Waals surface area contributed by atoms with Crippen LogP contribution in [-0.2, 0) is 9.47 Å². The van der Waals surface area contributed by atoms with Crippen molar-refractivity contribution in [1.82, 2.24) is 10.3 Å². The van der Waals surface area contributed by atoms with Crippen LogP contribution in [0, 0.1) is 11.2 Å². The molecule has 1 saturated carbocycles. The summed E-state index contributed by atoms with van der Waals surface area (Å²) in [6.45, 7) is 7.34. The molecule has 1 aromatic carbocycles. The van der Waals surface area contributed by atoms with Crippen molar-refractivity contribution in [2.24, 2.45) is 5.41 Å². The topological polar surface area (TPSA) is 67.4 Å². The van der Waals surface area contributed by atoms with E-state index < -0.39 is 0 Å². The molecule has 36 heavy (non-hydrogen) atoms. The van der Waals surface area contributed by atoms with Crippen molar-refractivity contribution < 1.29 is 13.9 Å². The van der Waals surface area contributed by atoms with E-state index in [-0.39, 0.29) is 11.2 Å². The fourth-order valence-electron chi connectivity index (χ4n) is 5.23. The van der Waals surface area contributed by atoms with Gasteiger partial charge in [0.25, 0.3) is 0 Å². The Morgan fingerprint density at radius 1 is 1.17 bits per heavy atom. The monoisotopic (exact) mass is 518 g/mol. The van der Waals surface area contributed by atoms with Gasteiger partial charge >= 0.3 is 0 Å². The van der Waals surface area contributed by atoms with E-state index in [1.807, 2.05) is 12.1 Å². The van der Waals surface area contributed by atoms with Gasteiger partial charge in [0.1, 0.15) is 11.6 Å². The molecule has 2 aromatic rings. The van der Waals surface area contributed by atoms with Gasteiger partial charge in [-0.3, -0.25) is 0 Å². The van der Waals surface area contributed by atoms with Crippen LogP contribution in [0.25, 0.3) is 11.1 Å². The minimum absolute atomic E-state index is 0.0996. The van der Waals surface area contributed by atoms with Gasteiger partial charge in [-0.2, -0.15) is 0 Å². The van der Waals surface area contributed by atoms with Gasteiger partial charge < -0.3 is 25.4 Å². The molecule has 4 rings (SSSR count). The Balaban J connectivity index is 1.39. The first-order valence-corrected chi connectivity index (χ1v) is 13.5. The second-order valence-electron chi connectivity index (χ2n) is 10.7. The van der Waals surface area contributed by atoms with Gasteiger partial charge in [-0.15, -0.1) is 0 Å². The van der Waals surface area contributed by atoms with Gasteiger partial charge in [0.2, 0.25) is 0 Å². The maximum atomic E-state index is 14.6. The van der Waals surface area contributed by atoms with Crippen LogP contribution in [0.15, 0.2) is 30.5 Å². The van der Waals surface area contributed by atoms with Crippen molar-refractivity contribution in [3.05, 3.63) is 41.3 Å². The standard InChI is InChI=1S/C28H40ClFN4O2/c1-19(17-35-3)33-21-5-7-22(8-6-21)34-27-15-23(24(29)16-31-27)20-4-9-25(30)26(14-20)32-18-28(2)10-12-36-13-11-28/h4,9,14-16,19,21-22,32-33H,5-8,10-13,17-18H2,1-3H3,(H,31,34). The molecule has 1 aromatic heterocycles. The Hall–Kier alpha value is -1.93. The van der Waals surface area contributed by atoms with Crippen LogP contribution in [0.5, 0.6) is 0 Å². The lowest BCUT2D eigenvalue weighted by molar-refractivity contribution is 0.0300. The third-order valence-corrected chi connectivity index (χ3v) is 7.86. The number of nitrogens with one attached hydrogen (secondary N) is 3. The summed E-state index contributed by atoms with van der Waals surface area (Å²) in [5.74, 6) is 0.537. The first-order valence-electron chi connectivity index (χ1n) is 13.1. The number of nitrogens with zero attached hydrogens (tertiary/aromatic N) is 1. The summed E-state index contributed by atoms with van der Waals surface area (Å²) in [5, 5.41) is 11.1. The Morgan fingerprint density at radius 2 is 1.89 bits per heavy atom. The largest absolute Gasteiger partial charge is 0.383 e. The molecule has 0 bridgehead atoms. The van der Waals surface area contributed by atoms with Crippen LogP contribution in [0.2, 0.25) is 5.02 Å². The van der Waals surface area contributed by atoms with Crippen molar-refractivity contribution in [3.63, 3.8) is 0 Å². The minimum atomic E-state index is -0.261. The number of hydrogen-bond donors (Lipinski definition) is 3. The number of hydrogen-bond acceptors (Lipinski definition) is 6. The van der Waals surface area contributed by atoms with Crippen molar-refractivity contribution in [3.8, 4) is 11.1 Å². The Morgan fingerprint density at radius 3 is 2.61 bits per heavy atom. The quantitative estimate of drug-likeness (QED) is 0.352. The number of methoxy groups -OCH3 is 1. The molecule has 1 saturated heterocycles. The second-order valence-corrected chi connectivity index (χ2v) is 11.1. The number of aromatic nitrogens is 1. The highest BCUT2D eigenvalue weighted by atomic mass is 35.5. The molecule has 2 aliphatic rings. The van der Waals surface area contributed by atoms with Gasteiger partial charge in [-0.1, -0.05) is 24.6 Å². The Labute approximate surface area is 219 Å². The zero-order valence-electron chi connectivity index (χ0n) is 21.7. The lowest BCUT2D eigenvalue weighted by atomic mass is 9.82. The molecular formula is C28H40ClFN4O2. The molecule has 1 aliphatic carbocycles. The van der Waals surface area contributed by atoms with E-state index in [9.17, 15) is 4.39 Å². The summed E-state index contributed by atoms with van der Waals surface area (Å²) in [6.07, 6.45) is 8.00. The molecule has 0 radical (unpaired) electrons. The average molecular weight is 519 g/mol. The number of rotatable bonds is 10. The number of anilines is 2. The van der Waals surface area contributed by atoms with Crippen molar-refractivity contribution in [1.29, 1.82) is 0 Å². The molecular weight excluding hydrogens is 479 g/mol. The number of ether oxygens (including phenoxy) is 2. The van der Waals surface area contributed by atoms with Crippen LogP contribution in [0.3, 0.4) is 0 Å². The van der Waals surface area contributed by atoms with E-state index in [0.717, 1.165) is 75.3 Å². The van der Waals surface area contributed by atoms with Gasteiger partial charge in [-0.25, -0.2) is 9.37 Å². The SMILES string of the molecule is COCC(C)NC1CCC(Nc2cc(-c3ccc(F)c(NCC4(C)CCOCC4)c3)c(Cl)cn2)CC1. The van der Waals surface area contributed by atoms with Gasteiger partial charge in [0, 0.05) is 56.8 Å². The van der Waals surface area contributed by atoms with Gasteiger partial charge in [-0.05, 0) is 74.6 Å². The lowest BCUT2D eigenvalue weighted by Crippen LogP contribution is -2.42. The molecule has 2 fully saturated rings. The molecule has 2 heterocycles. The highest BCUT2D eigenvalue weighted by Gasteiger charge is 2.27. The molecule has 6 nitrogen and oxygen atoms in total. The molecule has 0 spiro atoms. The van der Waals surface area contributed by atoms with Crippen LogP contribution in [-0.4, -0.2) is 56.6 Å². The molecule has 198 valence electrons. The van der Waals surface area contributed by atoms with Crippen molar-refractivity contribution >= 4 is 23.1 Å². The lowest BCUT2D eigenvalue weighted by Gasteiger charge is -2.34. The summed E-state index contributed by atoms with van der Waals surface area (Å²) in [4.78, 5) is 4.52. The Bertz CT molecular complexity index is 994. The van der Waals surface area contributed by atoms with Crippen LogP contribution < -0.4 is 16.0 Å². The van der Waals surface area contributed by atoms with Crippen molar-refractivity contribution in [2.75, 3.05) is 44.1 Å². The fourth-order valence-corrected chi connectivity index (χ4v) is 5.44. The smallest absolute Gasteiger partial charge is 0.146 e. The summed E-state index contributed by atoms with van der Waals surface area (Å²) < 4.78 is 25.4. The number of pyridine rings is 1. The second kappa shape index (κ2) is 12.5. The molecule has 8 heteroatoms. The third kappa shape index (κ3) is 7.31. The highest BCUT2D eigenvalue weighted by Crippen LogP contribution is 2.34. The summed E-state index contributed by atoms with van der Waals surface area (Å²) in [7, 11) is 1.74. The molecule has 0 amide bonds. The van der Waals surface area contributed by atoms with E-state index in [0.29, 0.717) is 35.4 Å². The predicted molar refractivity (Wildman–Crippen MR) is 145 cm³/mol. The summed E-state index contributed by atoms with van der Waals surface area (Å²) in [5.41, 5.74) is 2.31.